The number of aromatic carboxylic acids is 1. The lowest BCUT2D eigenvalue weighted by Gasteiger charge is -2.26. The number of aryl methyl sites for hydroxylation is 1. The zero-order chi connectivity index (χ0) is 24.9. The number of hydrogen-bond donors (Lipinski definition) is 2. The zero-order valence-corrected chi connectivity index (χ0v) is 20.0. The van der Waals surface area contributed by atoms with Gasteiger partial charge in [-0.25, -0.2) is 14.2 Å². The number of fused-ring (bicyclic) bond motifs is 1. The number of oxazole rings is 1. The minimum absolute atomic E-state index is 0.0198. The van der Waals surface area contributed by atoms with E-state index in [4.69, 9.17) is 9.15 Å². The van der Waals surface area contributed by atoms with Crippen LogP contribution >= 0.6 is 0 Å². The predicted octanol–water partition coefficient (Wildman–Crippen LogP) is 3.66. The molecule has 1 aliphatic heterocycles. The van der Waals surface area contributed by atoms with Crippen molar-refractivity contribution in [3.05, 3.63) is 51.7 Å². The van der Waals surface area contributed by atoms with Gasteiger partial charge in [0.1, 0.15) is 17.5 Å². The number of anilines is 1. The van der Waals surface area contributed by atoms with Crippen molar-refractivity contribution in [1.29, 1.82) is 0 Å². The molecule has 186 valence electrons. The molecule has 10 heteroatoms. The SMILES string of the molecule is CCNC(c1nc(C)co1)C1CCN(c2c(F)cc3c(=O)c(C(=O)O)cn(C4CC4)c3c2OC)C1. The summed E-state index contributed by atoms with van der Waals surface area (Å²) in [5.41, 5.74) is 0.460. The van der Waals surface area contributed by atoms with Crippen LogP contribution in [0.1, 0.15) is 60.2 Å². The van der Waals surface area contributed by atoms with Gasteiger partial charge in [0.2, 0.25) is 11.3 Å². The summed E-state index contributed by atoms with van der Waals surface area (Å²) in [6.45, 7) is 5.76. The van der Waals surface area contributed by atoms with Gasteiger partial charge in [-0.2, -0.15) is 0 Å². The van der Waals surface area contributed by atoms with E-state index in [-0.39, 0.29) is 34.7 Å². The highest BCUT2D eigenvalue weighted by Crippen LogP contribution is 2.45. The first-order valence-corrected chi connectivity index (χ1v) is 11.9. The van der Waals surface area contributed by atoms with Gasteiger partial charge < -0.3 is 29.0 Å². The smallest absolute Gasteiger partial charge is 0.341 e. The topological polar surface area (TPSA) is 110 Å². The number of hydrogen-bond acceptors (Lipinski definition) is 7. The van der Waals surface area contributed by atoms with Crippen LogP contribution in [0.3, 0.4) is 0 Å². The summed E-state index contributed by atoms with van der Waals surface area (Å²) in [5.74, 6) is -0.940. The van der Waals surface area contributed by atoms with E-state index in [1.54, 1.807) is 10.8 Å². The van der Waals surface area contributed by atoms with Crippen LogP contribution in [0.15, 0.2) is 27.7 Å². The maximum absolute atomic E-state index is 15.6. The minimum Gasteiger partial charge on any atom is -0.492 e. The number of aromatic nitrogens is 2. The summed E-state index contributed by atoms with van der Waals surface area (Å²) in [4.78, 5) is 31.1. The molecule has 0 bridgehead atoms. The number of carbonyl (C=O) groups is 1. The number of rotatable bonds is 8. The monoisotopic (exact) mass is 484 g/mol. The highest BCUT2D eigenvalue weighted by molar-refractivity contribution is 5.97. The molecule has 35 heavy (non-hydrogen) atoms. The summed E-state index contributed by atoms with van der Waals surface area (Å²) < 4.78 is 28.8. The van der Waals surface area contributed by atoms with Gasteiger partial charge in [-0.1, -0.05) is 6.92 Å². The van der Waals surface area contributed by atoms with Gasteiger partial charge in [-0.05, 0) is 38.8 Å². The predicted molar refractivity (Wildman–Crippen MR) is 128 cm³/mol. The van der Waals surface area contributed by atoms with Crippen LogP contribution < -0.4 is 20.4 Å². The quantitative estimate of drug-likeness (QED) is 0.499. The Morgan fingerprint density at radius 2 is 2.17 bits per heavy atom. The molecule has 9 nitrogen and oxygen atoms in total. The average Bonchev–Trinajstić information content (AvgIpc) is 3.40. The molecular formula is C25H29FN4O5. The first-order chi connectivity index (χ1) is 16.8. The molecule has 3 aromatic rings. The van der Waals surface area contributed by atoms with E-state index in [0.29, 0.717) is 30.2 Å². The molecule has 1 saturated heterocycles. The molecule has 2 atom stereocenters. The summed E-state index contributed by atoms with van der Waals surface area (Å²) in [6.07, 6.45) is 5.50. The number of ether oxygens (including phenoxy) is 1. The van der Waals surface area contributed by atoms with Gasteiger partial charge >= 0.3 is 5.97 Å². The summed E-state index contributed by atoms with van der Waals surface area (Å²) in [5, 5.41) is 13.0. The van der Waals surface area contributed by atoms with Crippen molar-refractivity contribution in [2.45, 2.75) is 45.2 Å². The first-order valence-electron chi connectivity index (χ1n) is 11.9. The molecular weight excluding hydrogens is 455 g/mol. The van der Waals surface area contributed by atoms with Crippen LogP contribution in [0.25, 0.3) is 10.9 Å². The van der Waals surface area contributed by atoms with Crippen molar-refractivity contribution in [2.24, 2.45) is 5.92 Å². The largest absolute Gasteiger partial charge is 0.492 e. The van der Waals surface area contributed by atoms with Crippen LogP contribution in [-0.4, -0.2) is 47.4 Å². The van der Waals surface area contributed by atoms with Crippen molar-refractivity contribution in [3.8, 4) is 5.75 Å². The minimum atomic E-state index is -1.33. The fourth-order valence-electron chi connectivity index (χ4n) is 5.18. The molecule has 2 unspecified atom stereocenters. The van der Waals surface area contributed by atoms with E-state index < -0.39 is 17.2 Å². The van der Waals surface area contributed by atoms with Crippen LogP contribution in [0.2, 0.25) is 0 Å². The molecule has 0 amide bonds. The maximum atomic E-state index is 15.6. The molecule has 3 heterocycles. The molecule has 0 spiro atoms. The number of nitrogens with zero attached hydrogens (tertiary/aromatic N) is 3. The van der Waals surface area contributed by atoms with Crippen LogP contribution in [0.4, 0.5) is 10.1 Å². The van der Waals surface area contributed by atoms with Crippen molar-refractivity contribution in [3.63, 3.8) is 0 Å². The summed E-state index contributed by atoms with van der Waals surface area (Å²) in [7, 11) is 1.45. The molecule has 1 aromatic carbocycles. The first kappa shape index (κ1) is 23.3. The number of carboxylic acids is 1. The van der Waals surface area contributed by atoms with Crippen molar-refractivity contribution >= 4 is 22.6 Å². The maximum Gasteiger partial charge on any atom is 0.341 e. The fourth-order valence-corrected chi connectivity index (χ4v) is 5.18. The van der Waals surface area contributed by atoms with Gasteiger partial charge in [-0.15, -0.1) is 0 Å². The number of nitrogens with one attached hydrogen (secondary N) is 1. The van der Waals surface area contributed by atoms with Gasteiger partial charge in [0.15, 0.2) is 11.6 Å². The van der Waals surface area contributed by atoms with Gasteiger partial charge in [0.05, 0.1) is 29.7 Å². The third-order valence-electron chi connectivity index (χ3n) is 6.91. The van der Waals surface area contributed by atoms with E-state index in [0.717, 1.165) is 37.6 Å². The fraction of sp³-hybridized carbons (Fsp3) is 0.480. The molecule has 0 radical (unpaired) electrons. The van der Waals surface area contributed by atoms with E-state index in [1.165, 1.54) is 13.3 Å². The van der Waals surface area contributed by atoms with E-state index in [9.17, 15) is 14.7 Å². The second kappa shape index (κ2) is 8.99. The van der Waals surface area contributed by atoms with Gasteiger partial charge in [-0.3, -0.25) is 4.79 Å². The van der Waals surface area contributed by atoms with E-state index in [2.05, 4.69) is 10.3 Å². The van der Waals surface area contributed by atoms with Gasteiger partial charge in [0.25, 0.3) is 0 Å². The van der Waals surface area contributed by atoms with Crippen LogP contribution in [0.5, 0.6) is 5.75 Å². The Bertz CT molecular complexity index is 1350. The second-order valence-electron chi connectivity index (χ2n) is 9.31. The molecule has 2 aromatic heterocycles. The van der Waals surface area contributed by atoms with Crippen molar-refractivity contribution < 1.29 is 23.4 Å². The Kier molecular flexibility index (Phi) is 6.00. The Balaban J connectivity index is 1.59. The number of halogens is 1. The van der Waals surface area contributed by atoms with Gasteiger partial charge in [0, 0.05) is 31.2 Å². The van der Waals surface area contributed by atoms with Crippen LogP contribution in [0, 0.1) is 18.7 Å². The second-order valence-corrected chi connectivity index (χ2v) is 9.31. The summed E-state index contributed by atoms with van der Waals surface area (Å²) in [6, 6.07) is 1.10. The Morgan fingerprint density at radius 1 is 1.40 bits per heavy atom. The average molecular weight is 485 g/mol. The highest BCUT2D eigenvalue weighted by atomic mass is 19.1. The molecule has 2 fully saturated rings. The lowest BCUT2D eigenvalue weighted by Crippen LogP contribution is -2.31. The Morgan fingerprint density at radius 3 is 2.77 bits per heavy atom. The molecule has 2 aliphatic rings. The van der Waals surface area contributed by atoms with Crippen molar-refractivity contribution in [1.82, 2.24) is 14.9 Å². The van der Waals surface area contributed by atoms with E-state index >= 15 is 4.39 Å². The standard InChI is InChI=1S/C25H29FN4O5/c1-4-27-19(24-28-13(2)12-35-24)14-7-8-29(10-14)21-18(26)9-16-20(23(21)34-3)30(15-5-6-15)11-17(22(16)31)25(32)33/h9,11-12,14-15,19,27H,4-8,10H2,1-3H3,(H,32,33). The lowest BCUT2D eigenvalue weighted by atomic mass is 9.98. The number of methoxy groups -OCH3 is 1. The number of pyridine rings is 1. The van der Waals surface area contributed by atoms with Crippen LogP contribution in [-0.2, 0) is 0 Å². The summed E-state index contributed by atoms with van der Waals surface area (Å²) >= 11 is 0. The normalized spacial score (nSPS) is 18.9. The third-order valence-corrected chi connectivity index (χ3v) is 6.91. The molecule has 5 rings (SSSR count). The molecule has 1 aliphatic carbocycles. The number of carboxylic acid groups (broad SMARTS) is 1. The third kappa shape index (κ3) is 4.05. The molecule has 1 saturated carbocycles. The lowest BCUT2D eigenvalue weighted by molar-refractivity contribution is 0.0694. The number of benzene rings is 1. The molecule has 2 N–H and O–H groups in total. The van der Waals surface area contributed by atoms with E-state index in [1.807, 2.05) is 18.7 Å². The zero-order valence-electron chi connectivity index (χ0n) is 20.0. The highest BCUT2D eigenvalue weighted by Gasteiger charge is 2.37. The Labute approximate surface area is 201 Å². The van der Waals surface area contributed by atoms with Crippen molar-refractivity contribution in [2.75, 3.05) is 31.6 Å². The Hall–Kier alpha value is -3.40.